The van der Waals surface area contributed by atoms with E-state index in [-0.39, 0.29) is 5.41 Å². The molecule has 0 aromatic heterocycles. The fraction of sp³-hybridized carbons (Fsp3) is 0.417. The molecule has 0 bridgehead atoms. The van der Waals surface area contributed by atoms with Gasteiger partial charge in [0.25, 0.3) is 0 Å². The molecule has 0 aliphatic rings. The molecule has 0 saturated heterocycles. The first-order valence-electron chi connectivity index (χ1n) is 4.98. The topological polar surface area (TPSA) is 43.4 Å². The molecule has 0 aliphatic heterocycles. The van der Waals surface area contributed by atoms with Crippen LogP contribution in [0.3, 0.4) is 0 Å². The third-order valence-electron chi connectivity index (χ3n) is 2.45. The lowest BCUT2D eigenvalue weighted by atomic mass is 9.87. The monoisotopic (exact) mass is 240 g/mol. The Bertz CT molecular complexity index is 410. The summed E-state index contributed by atoms with van der Waals surface area (Å²) in [5.74, 6) is 0. The molecule has 0 unspecified atom stereocenters. The number of carboxylic acid groups (broad SMARTS) is 1. The lowest BCUT2D eigenvalue weighted by molar-refractivity contribution is -0.246. The van der Waals surface area contributed by atoms with Crippen LogP contribution in [0.1, 0.15) is 26.3 Å². The molecule has 0 fully saturated rings. The molecule has 3 nitrogen and oxygen atoms in total. The normalized spacial score (nSPS) is 11.3. The van der Waals surface area contributed by atoms with Crippen molar-refractivity contribution in [3.8, 4) is 0 Å². The van der Waals surface area contributed by atoms with E-state index < -0.39 is 6.09 Å². The molecule has 0 heterocycles. The second-order valence-corrected chi connectivity index (χ2v) is 5.15. The molecule has 1 aromatic carbocycles. The van der Waals surface area contributed by atoms with Crippen molar-refractivity contribution in [2.45, 2.75) is 26.2 Å². The molecule has 0 spiro atoms. The van der Waals surface area contributed by atoms with Crippen LogP contribution in [0.25, 0.3) is 0 Å². The Kier molecular flexibility index (Phi) is 3.48. The number of hydrogen-bond donors (Lipinski definition) is 0. The number of carbonyl (C=O) groups is 1. The molecule has 0 saturated carbocycles. The summed E-state index contributed by atoms with van der Waals surface area (Å²) >= 11 is 5.95. The summed E-state index contributed by atoms with van der Waals surface area (Å²) < 4.78 is 0. The third kappa shape index (κ3) is 2.67. The Labute approximate surface area is 101 Å². The first kappa shape index (κ1) is 12.8. The number of anilines is 1. The van der Waals surface area contributed by atoms with E-state index in [1.807, 2.05) is 6.07 Å². The van der Waals surface area contributed by atoms with E-state index in [1.54, 1.807) is 12.1 Å². The van der Waals surface area contributed by atoms with Gasteiger partial charge in [0.15, 0.2) is 0 Å². The van der Waals surface area contributed by atoms with Crippen molar-refractivity contribution in [2.75, 3.05) is 11.9 Å². The Morgan fingerprint density at radius 2 is 1.94 bits per heavy atom. The maximum atomic E-state index is 10.8. The van der Waals surface area contributed by atoms with Crippen molar-refractivity contribution in [3.05, 3.63) is 28.8 Å². The zero-order valence-electron chi connectivity index (χ0n) is 9.87. The van der Waals surface area contributed by atoms with E-state index >= 15 is 0 Å². The third-order valence-corrected chi connectivity index (χ3v) is 2.77. The summed E-state index contributed by atoms with van der Waals surface area (Å²) in [6, 6.07) is 5.38. The maximum Gasteiger partial charge on any atom is 0.141 e. The van der Waals surface area contributed by atoms with Gasteiger partial charge in [-0.25, -0.2) is 0 Å². The van der Waals surface area contributed by atoms with E-state index in [0.717, 1.165) is 10.5 Å². The smallest absolute Gasteiger partial charge is 0.141 e. The number of benzene rings is 1. The highest BCUT2D eigenvalue weighted by Crippen LogP contribution is 2.31. The average molecular weight is 241 g/mol. The van der Waals surface area contributed by atoms with Gasteiger partial charge in [0.05, 0.1) is 10.7 Å². The summed E-state index contributed by atoms with van der Waals surface area (Å²) in [6.45, 7) is 6.16. The molecule has 0 radical (unpaired) electrons. The SMILES string of the molecule is CN(C(=O)[O-])c1cc(C(C)(C)C)ccc1Cl. The second kappa shape index (κ2) is 4.34. The molecule has 1 aromatic rings. The summed E-state index contributed by atoms with van der Waals surface area (Å²) in [5.41, 5.74) is 1.43. The van der Waals surface area contributed by atoms with E-state index in [0.29, 0.717) is 10.7 Å². The van der Waals surface area contributed by atoms with Gasteiger partial charge < -0.3 is 14.8 Å². The molecule has 4 heteroatoms. The van der Waals surface area contributed by atoms with E-state index in [2.05, 4.69) is 20.8 Å². The molecule has 1 rings (SSSR count). The fourth-order valence-corrected chi connectivity index (χ4v) is 1.58. The molecular formula is C12H15ClNO2-. The highest BCUT2D eigenvalue weighted by atomic mass is 35.5. The van der Waals surface area contributed by atoms with Gasteiger partial charge in [0.1, 0.15) is 6.09 Å². The Balaban J connectivity index is 3.24. The minimum Gasteiger partial charge on any atom is -0.530 e. The molecule has 0 aliphatic carbocycles. The maximum absolute atomic E-state index is 10.8. The molecule has 16 heavy (non-hydrogen) atoms. The lowest BCUT2D eigenvalue weighted by Gasteiger charge is -2.25. The first-order valence-corrected chi connectivity index (χ1v) is 5.36. The fourth-order valence-electron chi connectivity index (χ4n) is 1.33. The van der Waals surface area contributed by atoms with Crippen molar-refractivity contribution < 1.29 is 9.90 Å². The van der Waals surface area contributed by atoms with Crippen LogP contribution >= 0.6 is 11.6 Å². The van der Waals surface area contributed by atoms with Gasteiger partial charge in [-0.05, 0) is 23.1 Å². The summed E-state index contributed by atoms with van der Waals surface area (Å²) in [4.78, 5) is 11.8. The van der Waals surface area contributed by atoms with Gasteiger partial charge in [0.2, 0.25) is 0 Å². The summed E-state index contributed by atoms with van der Waals surface area (Å²) in [5, 5.41) is 11.2. The Morgan fingerprint density at radius 3 is 2.38 bits per heavy atom. The Morgan fingerprint density at radius 1 is 1.38 bits per heavy atom. The predicted octanol–water partition coefficient (Wildman–Crippen LogP) is 2.42. The minimum absolute atomic E-state index is 0.0495. The number of rotatable bonds is 1. The van der Waals surface area contributed by atoms with Crippen molar-refractivity contribution in [3.63, 3.8) is 0 Å². The van der Waals surface area contributed by atoms with E-state index in [9.17, 15) is 9.90 Å². The molecule has 0 atom stereocenters. The van der Waals surface area contributed by atoms with Crippen molar-refractivity contribution in [1.29, 1.82) is 0 Å². The number of amides is 1. The minimum atomic E-state index is -1.27. The average Bonchev–Trinajstić information content (AvgIpc) is 2.15. The quantitative estimate of drug-likeness (QED) is 0.757. The number of hydrogen-bond acceptors (Lipinski definition) is 2. The highest BCUT2D eigenvalue weighted by Gasteiger charge is 2.16. The van der Waals surface area contributed by atoms with Crippen LogP contribution in [0.15, 0.2) is 18.2 Å². The van der Waals surface area contributed by atoms with E-state index in [1.165, 1.54) is 7.05 Å². The number of halogens is 1. The van der Waals surface area contributed by atoms with Gasteiger partial charge in [-0.1, -0.05) is 38.4 Å². The second-order valence-electron chi connectivity index (χ2n) is 4.74. The van der Waals surface area contributed by atoms with Crippen molar-refractivity contribution in [1.82, 2.24) is 0 Å². The molecule has 1 amide bonds. The van der Waals surface area contributed by atoms with Gasteiger partial charge in [0, 0.05) is 7.05 Å². The summed E-state index contributed by atoms with van der Waals surface area (Å²) in [6.07, 6.45) is -1.27. The van der Waals surface area contributed by atoms with Crippen LogP contribution in [0.2, 0.25) is 5.02 Å². The number of nitrogens with zero attached hydrogens (tertiary/aromatic N) is 1. The van der Waals surface area contributed by atoms with Crippen LogP contribution in [0.5, 0.6) is 0 Å². The first-order chi connectivity index (χ1) is 7.23. The molecule has 88 valence electrons. The predicted molar refractivity (Wildman–Crippen MR) is 64.0 cm³/mol. The van der Waals surface area contributed by atoms with Crippen LogP contribution in [-0.4, -0.2) is 13.1 Å². The van der Waals surface area contributed by atoms with Gasteiger partial charge in [-0.3, -0.25) is 0 Å². The molecule has 0 N–H and O–H groups in total. The van der Waals surface area contributed by atoms with Crippen molar-refractivity contribution in [2.24, 2.45) is 0 Å². The van der Waals surface area contributed by atoms with Crippen LogP contribution in [0.4, 0.5) is 10.5 Å². The zero-order valence-corrected chi connectivity index (χ0v) is 10.6. The van der Waals surface area contributed by atoms with Crippen LogP contribution in [0, 0.1) is 0 Å². The van der Waals surface area contributed by atoms with Gasteiger partial charge in [-0.15, -0.1) is 0 Å². The largest absolute Gasteiger partial charge is 0.530 e. The zero-order chi connectivity index (χ0) is 12.5. The van der Waals surface area contributed by atoms with E-state index in [4.69, 9.17) is 11.6 Å². The highest BCUT2D eigenvalue weighted by molar-refractivity contribution is 6.33. The lowest BCUT2D eigenvalue weighted by Crippen LogP contribution is -2.38. The van der Waals surface area contributed by atoms with Crippen molar-refractivity contribution >= 4 is 23.4 Å². The number of carbonyl (C=O) groups excluding carboxylic acids is 1. The Hall–Kier alpha value is -1.22. The van der Waals surface area contributed by atoms with Gasteiger partial charge >= 0.3 is 0 Å². The molecular weight excluding hydrogens is 226 g/mol. The summed E-state index contributed by atoms with van der Waals surface area (Å²) in [7, 11) is 1.42. The van der Waals surface area contributed by atoms with Crippen LogP contribution in [-0.2, 0) is 5.41 Å². The van der Waals surface area contributed by atoms with Gasteiger partial charge in [-0.2, -0.15) is 0 Å². The standard InChI is InChI=1S/C12H16ClNO2/c1-12(2,3)8-5-6-9(13)10(7-8)14(4)11(15)16/h5-7H,1-4H3,(H,15,16)/p-1. The van der Waals surface area contributed by atoms with Crippen LogP contribution < -0.4 is 10.0 Å².